The number of thioether (sulfide) groups is 1. The third kappa shape index (κ3) is 4.44. The van der Waals surface area contributed by atoms with Gasteiger partial charge in [-0.25, -0.2) is 20.2 Å². The zero-order valence-corrected chi connectivity index (χ0v) is 13.2. The molecule has 7 heteroatoms. The van der Waals surface area contributed by atoms with Gasteiger partial charge in [0.1, 0.15) is 5.56 Å². The van der Waals surface area contributed by atoms with Gasteiger partial charge in [-0.15, -0.1) is 0 Å². The quantitative estimate of drug-likeness (QED) is 0.364. The Labute approximate surface area is 133 Å². The van der Waals surface area contributed by atoms with Crippen LogP contribution in [0.15, 0.2) is 41.7 Å². The van der Waals surface area contributed by atoms with Crippen LogP contribution < -0.4 is 5.48 Å². The van der Waals surface area contributed by atoms with Crippen molar-refractivity contribution in [3.05, 3.63) is 47.7 Å². The summed E-state index contributed by atoms with van der Waals surface area (Å²) in [6.07, 6.45) is 3.29. The van der Waals surface area contributed by atoms with Crippen LogP contribution in [0.1, 0.15) is 22.8 Å². The van der Waals surface area contributed by atoms with Crippen molar-refractivity contribution in [2.24, 2.45) is 0 Å². The van der Waals surface area contributed by atoms with Gasteiger partial charge in [0.2, 0.25) is 0 Å². The minimum absolute atomic E-state index is 0.243. The smallest absolute Gasteiger partial charge is 0.343 e. The van der Waals surface area contributed by atoms with E-state index < -0.39 is 5.97 Å². The SMILES string of the molecule is CCOC(=O)c1cnc(SC)nc1NOCc1ccccc1. The van der Waals surface area contributed by atoms with Crippen molar-refractivity contribution in [2.75, 3.05) is 18.3 Å². The number of anilines is 1. The average molecular weight is 319 g/mol. The molecular weight excluding hydrogens is 302 g/mol. The van der Waals surface area contributed by atoms with Gasteiger partial charge >= 0.3 is 5.97 Å². The molecule has 116 valence electrons. The highest BCUT2D eigenvalue weighted by Gasteiger charge is 2.16. The van der Waals surface area contributed by atoms with Crippen molar-refractivity contribution < 1.29 is 14.4 Å². The zero-order chi connectivity index (χ0) is 15.8. The Morgan fingerprint density at radius 3 is 2.77 bits per heavy atom. The molecule has 22 heavy (non-hydrogen) atoms. The van der Waals surface area contributed by atoms with E-state index in [1.165, 1.54) is 18.0 Å². The molecule has 0 amide bonds. The Morgan fingerprint density at radius 2 is 2.09 bits per heavy atom. The van der Waals surface area contributed by atoms with Crippen LogP contribution in [0.2, 0.25) is 0 Å². The first kappa shape index (κ1) is 16.3. The number of nitrogens with one attached hydrogen (secondary N) is 1. The first-order chi connectivity index (χ1) is 10.7. The first-order valence-corrected chi connectivity index (χ1v) is 7.97. The predicted molar refractivity (Wildman–Crippen MR) is 84.6 cm³/mol. The molecule has 1 N–H and O–H groups in total. The maximum Gasteiger partial charge on any atom is 0.343 e. The minimum atomic E-state index is -0.485. The third-order valence-electron chi connectivity index (χ3n) is 2.70. The monoisotopic (exact) mass is 319 g/mol. The van der Waals surface area contributed by atoms with Crippen molar-refractivity contribution in [3.8, 4) is 0 Å². The molecule has 0 spiro atoms. The second-order valence-corrected chi connectivity index (χ2v) is 4.99. The average Bonchev–Trinajstić information content (AvgIpc) is 2.56. The van der Waals surface area contributed by atoms with E-state index in [1.807, 2.05) is 36.6 Å². The molecule has 0 aliphatic heterocycles. The molecule has 1 aromatic carbocycles. The molecule has 0 bridgehead atoms. The van der Waals surface area contributed by atoms with Crippen LogP contribution in [0.5, 0.6) is 0 Å². The number of esters is 1. The molecule has 6 nitrogen and oxygen atoms in total. The fourth-order valence-corrected chi connectivity index (χ4v) is 2.00. The summed E-state index contributed by atoms with van der Waals surface area (Å²) in [5, 5.41) is 0.541. The fourth-order valence-electron chi connectivity index (χ4n) is 1.66. The van der Waals surface area contributed by atoms with Crippen LogP contribution in [-0.2, 0) is 16.2 Å². The van der Waals surface area contributed by atoms with E-state index in [0.717, 1.165) is 5.56 Å². The second kappa shape index (κ2) is 8.35. The number of ether oxygens (including phenoxy) is 1. The summed E-state index contributed by atoms with van der Waals surface area (Å²) in [5.74, 6) is -0.185. The molecule has 0 atom stereocenters. The number of rotatable bonds is 7. The van der Waals surface area contributed by atoms with Crippen LogP contribution in [0.3, 0.4) is 0 Å². The van der Waals surface area contributed by atoms with Gasteiger partial charge in [-0.3, -0.25) is 4.84 Å². The van der Waals surface area contributed by atoms with Gasteiger partial charge in [-0.2, -0.15) is 0 Å². The first-order valence-electron chi connectivity index (χ1n) is 6.74. The molecule has 0 aliphatic carbocycles. The lowest BCUT2D eigenvalue weighted by molar-refractivity contribution is 0.0524. The fraction of sp³-hybridized carbons (Fsp3) is 0.267. The molecule has 2 aromatic rings. The van der Waals surface area contributed by atoms with Crippen LogP contribution >= 0.6 is 11.8 Å². The Morgan fingerprint density at radius 1 is 1.32 bits per heavy atom. The van der Waals surface area contributed by atoms with Gasteiger partial charge in [-0.05, 0) is 18.7 Å². The molecule has 0 saturated carbocycles. The molecule has 1 aromatic heterocycles. The summed E-state index contributed by atoms with van der Waals surface area (Å²) >= 11 is 1.38. The van der Waals surface area contributed by atoms with E-state index in [0.29, 0.717) is 17.6 Å². The lowest BCUT2D eigenvalue weighted by atomic mass is 10.2. The Bertz CT molecular complexity index is 623. The minimum Gasteiger partial charge on any atom is -0.462 e. The van der Waals surface area contributed by atoms with Crippen LogP contribution in [0.4, 0.5) is 5.82 Å². The van der Waals surface area contributed by atoms with Crippen molar-refractivity contribution >= 4 is 23.5 Å². The number of nitrogens with zero attached hydrogens (tertiary/aromatic N) is 2. The van der Waals surface area contributed by atoms with Gasteiger partial charge in [0.05, 0.1) is 13.2 Å². The van der Waals surface area contributed by atoms with Crippen LogP contribution in [0, 0.1) is 0 Å². The Hall–Kier alpha value is -2.12. The second-order valence-electron chi connectivity index (χ2n) is 4.22. The molecule has 0 radical (unpaired) electrons. The summed E-state index contributed by atoms with van der Waals surface area (Å²) in [7, 11) is 0. The number of carbonyl (C=O) groups excluding carboxylic acids is 1. The van der Waals surface area contributed by atoms with Gasteiger partial charge in [-0.1, -0.05) is 42.1 Å². The summed E-state index contributed by atoms with van der Waals surface area (Å²) in [5.41, 5.74) is 3.96. The van der Waals surface area contributed by atoms with Crippen molar-refractivity contribution in [3.63, 3.8) is 0 Å². The third-order valence-corrected chi connectivity index (χ3v) is 3.26. The van der Waals surface area contributed by atoms with Crippen molar-refractivity contribution in [1.29, 1.82) is 0 Å². The molecule has 2 rings (SSSR count). The highest BCUT2D eigenvalue weighted by atomic mass is 32.2. The highest BCUT2D eigenvalue weighted by Crippen LogP contribution is 2.18. The van der Waals surface area contributed by atoms with Gasteiger partial charge < -0.3 is 4.74 Å². The number of hydrogen-bond acceptors (Lipinski definition) is 7. The van der Waals surface area contributed by atoms with Crippen LogP contribution in [-0.4, -0.2) is 28.8 Å². The van der Waals surface area contributed by atoms with Gasteiger partial charge in [0, 0.05) is 6.20 Å². The van der Waals surface area contributed by atoms with Crippen molar-refractivity contribution in [2.45, 2.75) is 18.7 Å². The summed E-state index contributed by atoms with van der Waals surface area (Å²) in [4.78, 5) is 25.6. The lowest BCUT2D eigenvalue weighted by Gasteiger charge is -2.11. The molecule has 0 aliphatic rings. The summed E-state index contributed by atoms with van der Waals surface area (Å²) in [6.45, 7) is 2.38. The van der Waals surface area contributed by atoms with E-state index in [9.17, 15) is 4.79 Å². The maximum absolute atomic E-state index is 11.9. The van der Waals surface area contributed by atoms with Crippen molar-refractivity contribution in [1.82, 2.24) is 9.97 Å². The van der Waals surface area contributed by atoms with E-state index in [-0.39, 0.29) is 12.2 Å². The van der Waals surface area contributed by atoms with E-state index >= 15 is 0 Å². The number of carbonyl (C=O) groups is 1. The molecular formula is C15H17N3O3S. The van der Waals surface area contributed by atoms with E-state index in [4.69, 9.17) is 9.57 Å². The number of hydrogen-bond donors (Lipinski definition) is 1. The largest absolute Gasteiger partial charge is 0.462 e. The molecule has 0 fully saturated rings. The molecule has 0 unspecified atom stereocenters. The lowest BCUT2D eigenvalue weighted by Crippen LogP contribution is -2.13. The normalized spacial score (nSPS) is 10.3. The molecule has 0 saturated heterocycles. The van der Waals surface area contributed by atoms with Gasteiger partial charge in [0.15, 0.2) is 11.0 Å². The molecule has 1 heterocycles. The number of benzene rings is 1. The number of aromatic nitrogens is 2. The van der Waals surface area contributed by atoms with E-state index in [1.54, 1.807) is 6.92 Å². The standard InChI is InChI=1S/C15H17N3O3S/c1-3-20-14(19)12-9-16-15(22-2)17-13(12)18-21-10-11-7-5-4-6-8-11/h4-9H,3,10H2,1-2H3,(H,16,17,18). The topological polar surface area (TPSA) is 73.3 Å². The van der Waals surface area contributed by atoms with Gasteiger partial charge in [0.25, 0.3) is 0 Å². The maximum atomic E-state index is 11.9. The Balaban J connectivity index is 2.08. The summed E-state index contributed by atoms with van der Waals surface area (Å²) < 4.78 is 4.99. The zero-order valence-electron chi connectivity index (χ0n) is 12.4. The van der Waals surface area contributed by atoms with Crippen LogP contribution in [0.25, 0.3) is 0 Å². The Kier molecular flexibility index (Phi) is 6.17. The summed E-state index contributed by atoms with van der Waals surface area (Å²) in [6, 6.07) is 9.69. The predicted octanol–water partition coefficient (Wildman–Crippen LogP) is 2.92. The van der Waals surface area contributed by atoms with E-state index in [2.05, 4.69) is 15.4 Å². The highest BCUT2D eigenvalue weighted by molar-refractivity contribution is 7.98.